The molecule has 0 atom stereocenters. The Morgan fingerprint density at radius 1 is 0.857 bits per heavy atom. The Kier molecular flexibility index (Phi) is 3.14. The number of benzene rings is 3. The molecule has 0 saturated carbocycles. The minimum atomic E-state index is -0.917. The van der Waals surface area contributed by atoms with E-state index in [2.05, 4.69) is 0 Å². The maximum atomic E-state index is 13.9. The molecule has 0 bridgehead atoms. The molecule has 3 aromatic carbocycles. The van der Waals surface area contributed by atoms with Gasteiger partial charge in [0, 0.05) is 11.6 Å². The summed E-state index contributed by atoms with van der Waals surface area (Å²) in [4.78, 5) is 12.5. The molecule has 0 spiro atoms. The third-order valence-corrected chi connectivity index (χ3v) is 3.37. The first-order chi connectivity index (χ1) is 10.1. The van der Waals surface area contributed by atoms with Gasteiger partial charge in [0.15, 0.2) is 5.78 Å². The van der Waals surface area contributed by atoms with Crippen molar-refractivity contribution >= 4 is 22.2 Å². The number of anilines is 1. The van der Waals surface area contributed by atoms with Gasteiger partial charge in [0.05, 0.1) is 11.3 Å². The molecule has 0 aliphatic rings. The van der Waals surface area contributed by atoms with Crippen molar-refractivity contribution in [3.63, 3.8) is 0 Å². The first-order valence-corrected chi connectivity index (χ1v) is 6.35. The van der Waals surface area contributed by atoms with Gasteiger partial charge in [-0.2, -0.15) is 0 Å². The van der Waals surface area contributed by atoms with E-state index in [0.717, 1.165) is 11.5 Å². The third kappa shape index (κ3) is 2.25. The number of nitrogens with two attached hydrogens (primary N) is 1. The number of fused-ring (bicyclic) bond motifs is 1. The van der Waals surface area contributed by atoms with Crippen LogP contribution in [0.5, 0.6) is 0 Å². The van der Waals surface area contributed by atoms with Gasteiger partial charge in [0.25, 0.3) is 0 Å². The van der Waals surface area contributed by atoms with Gasteiger partial charge in [-0.1, -0.05) is 42.5 Å². The second kappa shape index (κ2) is 4.98. The molecular formula is C17H11F2NO. The van der Waals surface area contributed by atoms with Gasteiger partial charge in [0.1, 0.15) is 11.6 Å². The lowest BCUT2D eigenvalue weighted by atomic mass is 9.96. The quantitative estimate of drug-likeness (QED) is 0.572. The van der Waals surface area contributed by atoms with E-state index in [1.807, 2.05) is 18.2 Å². The van der Waals surface area contributed by atoms with Gasteiger partial charge in [-0.25, -0.2) is 8.78 Å². The standard InChI is InChI=1S/C17H11F2NO/c18-14-9-15(19)16(20)8-13(14)17(21)12-7-3-5-10-4-1-2-6-11(10)12/h1-9H,20H2. The molecule has 3 rings (SSSR count). The number of nitrogen functional groups attached to an aromatic ring is 1. The molecule has 0 heterocycles. The fourth-order valence-corrected chi connectivity index (χ4v) is 2.31. The van der Waals surface area contributed by atoms with Crippen molar-refractivity contribution in [1.29, 1.82) is 0 Å². The molecule has 3 aromatic rings. The van der Waals surface area contributed by atoms with Crippen molar-refractivity contribution in [2.24, 2.45) is 0 Å². The first kappa shape index (κ1) is 13.2. The van der Waals surface area contributed by atoms with Gasteiger partial charge in [-0.3, -0.25) is 4.79 Å². The lowest BCUT2D eigenvalue weighted by Crippen LogP contribution is -2.07. The highest BCUT2D eigenvalue weighted by Crippen LogP contribution is 2.24. The van der Waals surface area contributed by atoms with E-state index in [-0.39, 0.29) is 11.3 Å². The van der Waals surface area contributed by atoms with Gasteiger partial charge in [-0.15, -0.1) is 0 Å². The molecule has 0 fully saturated rings. The molecule has 0 aliphatic heterocycles. The molecule has 0 aromatic heterocycles. The molecule has 0 unspecified atom stereocenters. The fourth-order valence-electron chi connectivity index (χ4n) is 2.31. The Morgan fingerprint density at radius 3 is 2.38 bits per heavy atom. The van der Waals surface area contributed by atoms with Gasteiger partial charge in [-0.05, 0) is 16.8 Å². The van der Waals surface area contributed by atoms with E-state index in [1.54, 1.807) is 24.3 Å². The van der Waals surface area contributed by atoms with E-state index in [0.29, 0.717) is 17.0 Å². The topological polar surface area (TPSA) is 43.1 Å². The molecule has 2 N–H and O–H groups in total. The summed E-state index contributed by atoms with van der Waals surface area (Å²) in [5.41, 5.74) is 5.30. The average molecular weight is 283 g/mol. The molecule has 0 radical (unpaired) electrons. The molecule has 0 aliphatic carbocycles. The lowest BCUT2D eigenvalue weighted by Gasteiger charge is -2.08. The maximum Gasteiger partial charge on any atom is 0.196 e. The number of carbonyl (C=O) groups is 1. The smallest absolute Gasteiger partial charge is 0.196 e. The van der Waals surface area contributed by atoms with Crippen LogP contribution in [0.1, 0.15) is 15.9 Å². The van der Waals surface area contributed by atoms with E-state index < -0.39 is 17.4 Å². The van der Waals surface area contributed by atoms with Crippen LogP contribution in [0.3, 0.4) is 0 Å². The van der Waals surface area contributed by atoms with Gasteiger partial charge < -0.3 is 5.73 Å². The average Bonchev–Trinajstić information content (AvgIpc) is 2.49. The van der Waals surface area contributed by atoms with Crippen molar-refractivity contribution in [3.05, 3.63) is 77.4 Å². The summed E-state index contributed by atoms with van der Waals surface area (Å²) in [7, 11) is 0. The molecule has 2 nitrogen and oxygen atoms in total. The van der Waals surface area contributed by atoms with Crippen LogP contribution in [0.25, 0.3) is 10.8 Å². The first-order valence-electron chi connectivity index (χ1n) is 6.35. The maximum absolute atomic E-state index is 13.9. The molecule has 104 valence electrons. The molecule has 21 heavy (non-hydrogen) atoms. The summed E-state index contributed by atoms with van der Waals surface area (Å²) in [5.74, 6) is -2.31. The summed E-state index contributed by atoms with van der Waals surface area (Å²) in [6.45, 7) is 0. The molecular weight excluding hydrogens is 272 g/mol. The van der Waals surface area contributed by atoms with Crippen LogP contribution in [0.4, 0.5) is 14.5 Å². The summed E-state index contributed by atoms with van der Waals surface area (Å²) >= 11 is 0. The Labute approximate surface area is 119 Å². The van der Waals surface area contributed by atoms with Crippen molar-refractivity contribution < 1.29 is 13.6 Å². The second-order valence-corrected chi connectivity index (χ2v) is 4.71. The predicted octanol–water partition coefficient (Wildman–Crippen LogP) is 3.93. The Bertz CT molecular complexity index is 853. The SMILES string of the molecule is Nc1cc(C(=O)c2cccc3ccccc23)c(F)cc1F. The highest BCUT2D eigenvalue weighted by Gasteiger charge is 2.18. The molecule has 0 saturated heterocycles. The van der Waals surface area contributed by atoms with Crippen LogP contribution in [-0.2, 0) is 0 Å². The van der Waals surface area contributed by atoms with Gasteiger partial charge in [0.2, 0.25) is 0 Å². The van der Waals surface area contributed by atoms with Crippen molar-refractivity contribution in [2.75, 3.05) is 5.73 Å². The molecule has 4 heteroatoms. The Balaban J connectivity index is 2.20. The highest BCUT2D eigenvalue weighted by molar-refractivity contribution is 6.16. The van der Waals surface area contributed by atoms with Crippen LogP contribution < -0.4 is 5.73 Å². The number of hydrogen-bond acceptors (Lipinski definition) is 2. The highest BCUT2D eigenvalue weighted by atomic mass is 19.1. The van der Waals surface area contributed by atoms with E-state index in [4.69, 9.17) is 5.73 Å². The molecule has 0 amide bonds. The van der Waals surface area contributed by atoms with E-state index >= 15 is 0 Å². The van der Waals surface area contributed by atoms with Crippen LogP contribution in [-0.4, -0.2) is 5.78 Å². The number of hydrogen-bond donors (Lipinski definition) is 1. The predicted molar refractivity (Wildman–Crippen MR) is 78.2 cm³/mol. The van der Waals surface area contributed by atoms with Crippen LogP contribution in [0.2, 0.25) is 0 Å². The van der Waals surface area contributed by atoms with Crippen molar-refractivity contribution in [2.45, 2.75) is 0 Å². The van der Waals surface area contributed by atoms with Crippen molar-refractivity contribution in [3.8, 4) is 0 Å². The van der Waals surface area contributed by atoms with Crippen LogP contribution >= 0.6 is 0 Å². The number of ketones is 1. The largest absolute Gasteiger partial charge is 0.396 e. The minimum absolute atomic E-state index is 0.231. The van der Waals surface area contributed by atoms with Crippen LogP contribution in [0, 0.1) is 11.6 Å². The monoisotopic (exact) mass is 283 g/mol. The lowest BCUT2D eigenvalue weighted by molar-refractivity contribution is 0.103. The fraction of sp³-hybridized carbons (Fsp3) is 0. The normalized spacial score (nSPS) is 10.8. The summed E-state index contributed by atoms with van der Waals surface area (Å²) in [6.07, 6.45) is 0. The summed E-state index contributed by atoms with van der Waals surface area (Å²) < 4.78 is 27.1. The van der Waals surface area contributed by atoms with E-state index in [9.17, 15) is 13.6 Å². The number of rotatable bonds is 2. The van der Waals surface area contributed by atoms with E-state index in [1.165, 1.54) is 0 Å². The van der Waals surface area contributed by atoms with Crippen LogP contribution in [0.15, 0.2) is 54.6 Å². The van der Waals surface area contributed by atoms with Gasteiger partial charge >= 0.3 is 0 Å². The minimum Gasteiger partial charge on any atom is -0.396 e. The second-order valence-electron chi connectivity index (χ2n) is 4.71. The Morgan fingerprint density at radius 2 is 1.57 bits per heavy atom. The zero-order valence-electron chi connectivity index (χ0n) is 10.9. The summed E-state index contributed by atoms with van der Waals surface area (Å²) in [5, 5.41) is 1.59. The Hall–Kier alpha value is -2.75. The summed E-state index contributed by atoms with van der Waals surface area (Å²) in [6, 6.07) is 14.2. The number of halogens is 2. The zero-order valence-corrected chi connectivity index (χ0v) is 10.9. The van der Waals surface area contributed by atoms with Crippen molar-refractivity contribution in [1.82, 2.24) is 0 Å². The number of carbonyl (C=O) groups excluding carboxylic acids is 1. The third-order valence-electron chi connectivity index (χ3n) is 3.37. The zero-order chi connectivity index (χ0) is 15.0.